The number of carbonyl (C=O) groups is 2. The standard InChI is InChI=1S/C15H19N3O3.ClH/c1-9(19)18-5-4-10-6-11(2-3-14(10)18)17-15(21)13-7-12(20)8-16-13;/h2-3,6,12-13,16,20H,4-5,7-8H2,1H3,(H,17,21);1H. The second-order valence-electron chi connectivity index (χ2n) is 5.60. The van der Waals surface area contributed by atoms with E-state index in [2.05, 4.69) is 10.6 Å². The van der Waals surface area contributed by atoms with Crippen LogP contribution in [0.4, 0.5) is 11.4 Å². The van der Waals surface area contributed by atoms with E-state index in [-0.39, 0.29) is 30.3 Å². The Kier molecular flexibility index (Phi) is 5.05. The van der Waals surface area contributed by atoms with Gasteiger partial charge in [0.05, 0.1) is 12.1 Å². The highest BCUT2D eigenvalue weighted by atomic mass is 35.5. The lowest BCUT2D eigenvalue weighted by atomic mass is 10.1. The van der Waals surface area contributed by atoms with Crippen molar-refractivity contribution in [3.8, 4) is 0 Å². The van der Waals surface area contributed by atoms with Crippen molar-refractivity contribution in [3.63, 3.8) is 0 Å². The first-order valence-corrected chi connectivity index (χ1v) is 7.18. The minimum absolute atomic E-state index is 0. The third-order valence-electron chi connectivity index (χ3n) is 4.05. The fourth-order valence-electron chi connectivity index (χ4n) is 2.95. The number of benzene rings is 1. The summed E-state index contributed by atoms with van der Waals surface area (Å²) in [6.45, 7) is 2.70. The lowest BCUT2D eigenvalue weighted by molar-refractivity contribution is -0.118. The van der Waals surface area contributed by atoms with E-state index in [0.717, 1.165) is 23.4 Å². The van der Waals surface area contributed by atoms with E-state index in [1.807, 2.05) is 18.2 Å². The highest BCUT2D eigenvalue weighted by Gasteiger charge is 2.28. The van der Waals surface area contributed by atoms with Crippen LogP contribution in [0.3, 0.4) is 0 Å². The molecular formula is C15H20ClN3O3. The first kappa shape index (κ1) is 16.7. The number of aliphatic hydroxyl groups excluding tert-OH is 1. The molecule has 0 aromatic heterocycles. The number of halogens is 1. The van der Waals surface area contributed by atoms with E-state index in [9.17, 15) is 14.7 Å². The fourth-order valence-corrected chi connectivity index (χ4v) is 2.95. The summed E-state index contributed by atoms with van der Waals surface area (Å²) in [4.78, 5) is 25.3. The van der Waals surface area contributed by atoms with E-state index in [4.69, 9.17) is 0 Å². The highest BCUT2D eigenvalue weighted by Crippen LogP contribution is 2.30. The predicted molar refractivity (Wildman–Crippen MR) is 86.5 cm³/mol. The molecule has 6 nitrogen and oxygen atoms in total. The Bertz CT molecular complexity index is 593. The van der Waals surface area contributed by atoms with E-state index >= 15 is 0 Å². The third-order valence-corrected chi connectivity index (χ3v) is 4.05. The number of rotatable bonds is 2. The molecule has 0 saturated carbocycles. The Morgan fingerprint density at radius 1 is 1.41 bits per heavy atom. The molecule has 1 aromatic rings. The number of fused-ring (bicyclic) bond motifs is 1. The zero-order chi connectivity index (χ0) is 15.0. The van der Waals surface area contributed by atoms with Crippen molar-refractivity contribution >= 4 is 35.6 Å². The number of carbonyl (C=O) groups excluding carboxylic acids is 2. The minimum Gasteiger partial charge on any atom is -0.392 e. The van der Waals surface area contributed by atoms with E-state index in [0.29, 0.717) is 19.5 Å². The van der Waals surface area contributed by atoms with Gasteiger partial charge in [0.1, 0.15) is 0 Å². The summed E-state index contributed by atoms with van der Waals surface area (Å²) in [5.74, 6) is -0.0948. The minimum atomic E-state index is -0.454. The maximum atomic E-state index is 12.1. The average molecular weight is 326 g/mol. The van der Waals surface area contributed by atoms with Gasteiger partial charge in [0.2, 0.25) is 11.8 Å². The predicted octanol–water partition coefficient (Wildman–Crippen LogP) is 0.679. The molecule has 2 amide bonds. The van der Waals surface area contributed by atoms with Gasteiger partial charge in [-0.1, -0.05) is 0 Å². The summed E-state index contributed by atoms with van der Waals surface area (Å²) in [6, 6.07) is 5.25. The molecule has 0 bridgehead atoms. The first-order chi connectivity index (χ1) is 10.0. The number of hydrogen-bond donors (Lipinski definition) is 3. The van der Waals surface area contributed by atoms with Crippen LogP contribution < -0.4 is 15.5 Å². The molecule has 22 heavy (non-hydrogen) atoms. The van der Waals surface area contributed by atoms with Crippen molar-refractivity contribution in [2.75, 3.05) is 23.3 Å². The molecule has 1 saturated heterocycles. The zero-order valence-electron chi connectivity index (χ0n) is 12.3. The number of aliphatic hydroxyl groups is 1. The van der Waals surface area contributed by atoms with Crippen LogP contribution in [0, 0.1) is 0 Å². The molecule has 0 spiro atoms. The molecule has 7 heteroatoms. The Morgan fingerprint density at radius 2 is 2.18 bits per heavy atom. The Hall–Kier alpha value is -1.63. The van der Waals surface area contributed by atoms with Gasteiger partial charge in [-0.3, -0.25) is 9.59 Å². The van der Waals surface area contributed by atoms with Crippen LogP contribution in [0.15, 0.2) is 18.2 Å². The molecule has 2 aliphatic heterocycles. The normalized spacial score (nSPS) is 22.9. The number of nitrogens with zero attached hydrogens (tertiary/aromatic N) is 1. The van der Waals surface area contributed by atoms with Gasteiger partial charge in [0.15, 0.2) is 0 Å². The molecule has 1 fully saturated rings. The summed E-state index contributed by atoms with van der Waals surface area (Å²) in [5.41, 5.74) is 2.73. The SMILES string of the molecule is CC(=O)N1CCc2cc(NC(=O)C3CC(O)CN3)ccc21.Cl. The second-order valence-corrected chi connectivity index (χ2v) is 5.60. The smallest absolute Gasteiger partial charge is 0.241 e. The fraction of sp³-hybridized carbons (Fsp3) is 0.467. The van der Waals surface area contributed by atoms with Gasteiger partial charge in [-0.05, 0) is 36.6 Å². The summed E-state index contributed by atoms with van der Waals surface area (Å²) in [7, 11) is 0. The van der Waals surface area contributed by atoms with Crippen LogP contribution in [0.5, 0.6) is 0 Å². The summed E-state index contributed by atoms with van der Waals surface area (Å²) >= 11 is 0. The molecule has 3 rings (SSSR count). The van der Waals surface area contributed by atoms with Gasteiger partial charge in [0, 0.05) is 31.4 Å². The van der Waals surface area contributed by atoms with E-state index < -0.39 is 6.10 Å². The van der Waals surface area contributed by atoms with Crippen molar-refractivity contribution in [1.29, 1.82) is 0 Å². The van der Waals surface area contributed by atoms with Crippen LogP contribution in [0.25, 0.3) is 0 Å². The number of β-amino-alcohol motifs (C(OH)–C–C–N with tert-alkyl or cyclic N) is 1. The topological polar surface area (TPSA) is 81.7 Å². The van der Waals surface area contributed by atoms with E-state index in [1.165, 1.54) is 0 Å². The molecule has 2 unspecified atom stereocenters. The average Bonchev–Trinajstić information content (AvgIpc) is 3.04. The van der Waals surface area contributed by atoms with Crippen LogP contribution in [-0.4, -0.2) is 42.2 Å². The molecule has 0 aliphatic carbocycles. The van der Waals surface area contributed by atoms with Gasteiger partial charge >= 0.3 is 0 Å². The molecular weight excluding hydrogens is 306 g/mol. The van der Waals surface area contributed by atoms with Crippen molar-refractivity contribution in [2.24, 2.45) is 0 Å². The van der Waals surface area contributed by atoms with Crippen LogP contribution >= 0.6 is 12.4 Å². The Balaban J connectivity index is 0.00000176. The lowest BCUT2D eigenvalue weighted by Gasteiger charge is -2.15. The van der Waals surface area contributed by atoms with E-state index in [1.54, 1.807) is 11.8 Å². The van der Waals surface area contributed by atoms with Crippen LogP contribution in [0.2, 0.25) is 0 Å². The number of anilines is 2. The van der Waals surface area contributed by atoms with Gasteiger partial charge < -0.3 is 20.6 Å². The van der Waals surface area contributed by atoms with Crippen LogP contribution in [0.1, 0.15) is 18.9 Å². The molecule has 2 aliphatic rings. The number of hydrogen-bond acceptors (Lipinski definition) is 4. The molecule has 3 N–H and O–H groups in total. The lowest BCUT2D eigenvalue weighted by Crippen LogP contribution is -2.35. The molecule has 2 atom stereocenters. The zero-order valence-corrected chi connectivity index (χ0v) is 13.2. The molecule has 2 heterocycles. The van der Waals surface area contributed by atoms with Crippen LogP contribution in [-0.2, 0) is 16.0 Å². The van der Waals surface area contributed by atoms with Crippen molar-refractivity contribution < 1.29 is 14.7 Å². The highest BCUT2D eigenvalue weighted by molar-refractivity contribution is 5.97. The maximum absolute atomic E-state index is 12.1. The Morgan fingerprint density at radius 3 is 2.82 bits per heavy atom. The van der Waals surface area contributed by atoms with Crippen molar-refractivity contribution in [2.45, 2.75) is 31.9 Å². The van der Waals surface area contributed by atoms with Gasteiger partial charge in [-0.25, -0.2) is 0 Å². The Labute approximate surface area is 135 Å². The van der Waals surface area contributed by atoms with Crippen molar-refractivity contribution in [1.82, 2.24) is 5.32 Å². The molecule has 120 valence electrons. The quantitative estimate of drug-likeness (QED) is 0.747. The van der Waals surface area contributed by atoms with Gasteiger partial charge in [-0.2, -0.15) is 0 Å². The maximum Gasteiger partial charge on any atom is 0.241 e. The summed E-state index contributed by atoms with van der Waals surface area (Å²) in [6.07, 6.45) is 0.790. The number of amides is 2. The second kappa shape index (κ2) is 6.64. The van der Waals surface area contributed by atoms with Gasteiger partial charge in [-0.15, -0.1) is 12.4 Å². The summed E-state index contributed by atoms with van der Waals surface area (Å²) in [5, 5.41) is 15.3. The van der Waals surface area contributed by atoms with Gasteiger partial charge in [0.25, 0.3) is 0 Å². The molecule has 1 aromatic carbocycles. The summed E-state index contributed by atoms with van der Waals surface area (Å²) < 4.78 is 0. The van der Waals surface area contributed by atoms with Crippen molar-refractivity contribution in [3.05, 3.63) is 23.8 Å². The monoisotopic (exact) mass is 325 g/mol. The largest absolute Gasteiger partial charge is 0.392 e. The third kappa shape index (κ3) is 3.24. The number of nitrogens with one attached hydrogen (secondary N) is 2. The molecule has 0 radical (unpaired) electrons. The first-order valence-electron chi connectivity index (χ1n) is 7.18.